The lowest BCUT2D eigenvalue weighted by molar-refractivity contribution is 0.310. The second-order valence-electron chi connectivity index (χ2n) is 3.88. The molecule has 1 atom stereocenters. The Balaban J connectivity index is 2.34. The summed E-state index contributed by atoms with van der Waals surface area (Å²) in [6, 6.07) is 4.81. The van der Waals surface area contributed by atoms with E-state index in [2.05, 4.69) is 15.2 Å². The summed E-state index contributed by atoms with van der Waals surface area (Å²) in [6.45, 7) is 2.41. The molecule has 0 aliphatic rings. The molecule has 7 heteroatoms. The van der Waals surface area contributed by atoms with Crippen molar-refractivity contribution < 1.29 is 9.47 Å². The average molecular weight is 264 g/mol. The van der Waals surface area contributed by atoms with E-state index in [1.165, 1.54) is 0 Å². The topological polar surface area (TPSA) is 106 Å². The Morgan fingerprint density at radius 3 is 2.79 bits per heavy atom. The van der Waals surface area contributed by atoms with E-state index in [-0.39, 0.29) is 5.69 Å². The van der Waals surface area contributed by atoms with Gasteiger partial charge in [0.05, 0.1) is 19.8 Å². The molecule has 1 heterocycles. The predicted molar refractivity (Wildman–Crippen MR) is 69.4 cm³/mol. The standard InChI is InChI=1S/C12H16N4O3/c1-3-19-9-6-7(4-5-8(9)18-2)10(13)11-14-12(17)16-15-11/h4-6,10H,3,13H2,1-2H3,(H2,14,15,16,17). The van der Waals surface area contributed by atoms with E-state index < -0.39 is 6.04 Å². The van der Waals surface area contributed by atoms with Crippen molar-refractivity contribution in [3.8, 4) is 11.5 Å². The van der Waals surface area contributed by atoms with Crippen LogP contribution in [-0.4, -0.2) is 28.9 Å². The molecule has 102 valence electrons. The fourth-order valence-corrected chi connectivity index (χ4v) is 1.74. The van der Waals surface area contributed by atoms with E-state index in [0.29, 0.717) is 23.9 Å². The van der Waals surface area contributed by atoms with Crippen LogP contribution in [0.25, 0.3) is 0 Å². The summed E-state index contributed by atoms with van der Waals surface area (Å²) in [7, 11) is 1.57. The van der Waals surface area contributed by atoms with E-state index in [1.54, 1.807) is 25.3 Å². The van der Waals surface area contributed by atoms with E-state index >= 15 is 0 Å². The lowest BCUT2D eigenvalue weighted by Crippen LogP contribution is -2.15. The van der Waals surface area contributed by atoms with Crippen molar-refractivity contribution in [2.24, 2.45) is 5.73 Å². The number of benzene rings is 1. The summed E-state index contributed by atoms with van der Waals surface area (Å²) in [6.07, 6.45) is 0. The number of nitrogens with one attached hydrogen (secondary N) is 2. The molecule has 4 N–H and O–H groups in total. The number of ether oxygens (including phenoxy) is 2. The lowest BCUT2D eigenvalue weighted by Gasteiger charge is -2.13. The third-order valence-electron chi connectivity index (χ3n) is 2.66. The molecule has 0 bridgehead atoms. The second kappa shape index (κ2) is 5.57. The zero-order valence-electron chi connectivity index (χ0n) is 10.8. The molecule has 0 aliphatic carbocycles. The minimum Gasteiger partial charge on any atom is -0.493 e. The van der Waals surface area contributed by atoms with Crippen LogP contribution in [0.3, 0.4) is 0 Å². The first kappa shape index (κ1) is 13.2. The first-order valence-corrected chi connectivity index (χ1v) is 5.86. The van der Waals surface area contributed by atoms with Gasteiger partial charge in [-0.15, -0.1) is 0 Å². The fraction of sp³-hybridized carbons (Fsp3) is 0.333. The van der Waals surface area contributed by atoms with Gasteiger partial charge in [-0.25, -0.2) is 9.89 Å². The number of rotatable bonds is 5. The van der Waals surface area contributed by atoms with Crippen LogP contribution in [0.1, 0.15) is 24.4 Å². The highest BCUT2D eigenvalue weighted by molar-refractivity contribution is 5.44. The highest BCUT2D eigenvalue weighted by Gasteiger charge is 2.15. The Morgan fingerprint density at radius 1 is 1.42 bits per heavy atom. The van der Waals surface area contributed by atoms with Gasteiger partial charge in [-0.05, 0) is 24.6 Å². The number of nitrogens with two attached hydrogens (primary N) is 1. The molecule has 7 nitrogen and oxygen atoms in total. The summed E-state index contributed by atoms with van der Waals surface area (Å²) >= 11 is 0. The maximum absolute atomic E-state index is 11.0. The van der Waals surface area contributed by atoms with Gasteiger partial charge in [0.15, 0.2) is 17.3 Å². The molecule has 0 aliphatic heterocycles. The molecule has 0 radical (unpaired) electrons. The third kappa shape index (κ3) is 2.76. The Kier molecular flexibility index (Phi) is 3.86. The molecule has 1 unspecified atom stereocenters. The van der Waals surface area contributed by atoms with Crippen molar-refractivity contribution in [1.29, 1.82) is 0 Å². The first-order chi connectivity index (χ1) is 9.15. The van der Waals surface area contributed by atoms with Crippen LogP contribution < -0.4 is 20.9 Å². The molecule has 0 saturated heterocycles. The van der Waals surface area contributed by atoms with Crippen LogP contribution in [0, 0.1) is 0 Å². The largest absolute Gasteiger partial charge is 0.493 e. The normalized spacial score (nSPS) is 12.2. The molecule has 0 amide bonds. The van der Waals surface area contributed by atoms with E-state index in [9.17, 15) is 4.79 Å². The van der Waals surface area contributed by atoms with Gasteiger partial charge < -0.3 is 15.2 Å². The van der Waals surface area contributed by atoms with Crippen LogP contribution in [0.4, 0.5) is 0 Å². The second-order valence-corrected chi connectivity index (χ2v) is 3.88. The van der Waals surface area contributed by atoms with E-state index in [1.807, 2.05) is 6.92 Å². The van der Waals surface area contributed by atoms with Gasteiger partial charge in [-0.2, -0.15) is 5.10 Å². The molecule has 0 saturated carbocycles. The number of hydrogen-bond acceptors (Lipinski definition) is 5. The minimum atomic E-state index is -0.538. The quantitative estimate of drug-likeness (QED) is 0.731. The summed E-state index contributed by atoms with van der Waals surface area (Å²) in [4.78, 5) is 13.6. The number of hydrogen-bond donors (Lipinski definition) is 3. The predicted octanol–water partition coefficient (Wildman–Crippen LogP) is 0.553. The molecular formula is C12H16N4O3. The van der Waals surface area contributed by atoms with Crippen molar-refractivity contribution >= 4 is 0 Å². The van der Waals surface area contributed by atoms with Gasteiger partial charge in [-0.3, -0.25) is 4.98 Å². The van der Waals surface area contributed by atoms with E-state index in [0.717, 1.165) is 5.56 Å². The smallest absolute Gasteiger partial charge is 0.340 e. The molecule has 2 aromatic rings. The van der Waals surface area contributed by atoms with Gasteiger partial charge in [-0.1, -0.05) is 6.07 Å². The minimum absolute atomic E-state index is 0.373. The highest BCUT2D eigenvalue weighted by atomic mass is 16.5. The van der Waals surface area contributed by atoms with Crippen molar-refractivity contribution in [2.75, 3.05) is 13.7 Å². The summed E-state index contributed by atoms with van der Waals surface area (Å²) < 4.78 is 10.7. The van der Waals surface area contributed by atoms with Crippen molar-refractivity contribution in [1.82, 2.24) is 15.2 Å². The Hall–Kier alpha value is -2.28. The van der Waals surface area contributed by atoms with Gasteiger partial charge >= 0.3 is 5.69 Å². The van der Waals surface area contributed by atoms with E-state index in [4.69, 9.17) is 15.2 Å². The molecule has 0 fully saturated rings. The monoisotopic (exact) mass is 264 g/mol. The molecule has 1 aromatic heterocycles. The summed E-state index contributed by atoms with van der Waals surface area (Å²) in [5.74, 6) is 1.61. The van der Waals surface area contributed by atoms with Crippen molar-refractivity contribution in [2.45, 2.75) is 13.0 Å². The third-order valence-corrected chi connectivity index (χ3v) is 2.66. The number of aromatic nitrogens is 3. The van der Waals surface area contributed by atoms with Crippen LogP contribution in [0.2, 0.25) is 0 Å². The zero-order valence-corrected chi connectivity index (χ0v) is 10.8. The molecular weight excluding hydrogens is 248 g/mol. The van der Waals surface area contributed by atoms with Gasteiger partial charge in [0.1, 0.15) is 0 Å². The maximum atomic E-state index is 11.0. The van der Waals surface area contributed by atoms with Gasteiger partial charge in [0.2, 0.25) is 0 Å². The van der Waals surface area contributed by atoms with Crippen LogP contribution in [0.5, 0.6) is 11.5 Å². The van der Waals surface area contributed by atoms with Crippen LogP contribution >= 0.6 is 0 Å². The Labute approximate surface area is 109 Å². The fourth-order valence-electron chi connectivity index (χ4n) is 1.74. The Morgan fingerprint density at radius 2 is 2.21 bits per heavy atom. The molecule has 19 heavy (non-hydrogen) atoms. The number of aromatic amines is 2. The van der Waals surface area contributed by atoms with Crippen LogP contribution in [-0.2, 0) is 0 Å². The maximum Gasteiger partial charge on any atom is 0.340 e. The first-order valence-electron chi connectivity index (χ1n) is 5.86. The molecule has 0 spiro atoms. The van der Waals surface area contributed by atoms with Crippen molar-refractivity contribution in [3.05, 3.63) is 40.1 Å². The lowest BCUT2D eigenvalue weighted by atomic mass is 10.1. The Bertz CT molecular complexity index is 605. The zero-order chi connectivity index (χ0) is 13.8. The highest BCUT2D eigenvalue weighted by Crippen LogP contribution is 2.30. The number of H-pyrrole nitrogens is 2. The van der Waals surface area contributed by atoms with Gasteiger partial charge in [0, 0.05) is 0 Å². The number of methoxy groups -OCH3 is 1. The molecule has 2 rings (SSSR count). The SMILES string of the molecule is CCOc1cc(C(N)c2n[nH]c(=O)[nH]2)ccc1OC. The molecule has 1 aromatic carbocycles. The van der Waals surface area contributed by atoms with Crippen LogP contribution in [0.15, 0.2) is 23.0 Å². The number of nitrogens with zero attached hydrogens (tertiary/aromatic N) is 1. The van der Waals surface area contributed by atoms with Gasteiger partial charge in [0.25, 0.3) is 0 Å². The van der Waals surface area contributed by atoms with Crippen molar-refractivity contribution in [3.63, 3.8) is 0 Å². The summed E-state index contributed by atoms with van der Waals surface area (Å²) in [5.41, 5.74) is 6.42. The average Bonchev–Trinajstić information content (AvgIpc) is 2.85. The summed E-state index contributed by atoms with van der Waals surface area (Å²) in [5, 5.41) is 6.10.